The molecule has 0 aliphatic heterocycles. The van der Waals surface area contributed by atoms with E-state index in [1.165, 1.54) is 22.9 Å². The lowest BCUT2D eigenvalue weighted by Crippen LogP contribution is -2.13. The molecule has 6 nitrogen and oxygen atoms in total. The van der Waals surface area contributed by atoms with Crippen LogP contribution < -0.4 is 0 Å². The van der Waals surface area contributed by atoms with Gasteiger partial charge in [-0.2, -0.15) is 0 Å². The van der Waals surface area contributed by atoms with Crippen molar-refractivity contribution in [3.63, 3.8) is 0 Å². The maximum atomic E-state index is 11.4. The predicted molar refractivity (Wildman–Crippen MR) is 119 cm³/mol. The van der Waals surface area contributed by atoms with E-state index in [0.29, 0.717) is 17.0 Å². The van der Waals surface area contributed by atoms with Crippen LogP contribution in [0.4, 0.5) is 0 Å². The first-order chi connectivity index (χ1) is 15.5. The number of benzene rings is 2. The summed E-state index contributed by atoms with van der Waals surface area (Å²) in [5.41, 5.74) is 5.71. The van der Waals surface area contributed by atoms with Crippen LogP contribution in [-0.4, -0.2) is 26.2 Å². The van der Waals surface area contributed by atoms with E-state index < -0.39 is 12.1 Å². The summed E-state index contributed by atoms with van der Waals surface area (Å²) in [5.74, 6) is -0.574. The van der Waals surface area contributed by atoms with Gasteiger partial charge in [0.25, 0.3) is 0 Å². The fourth-order valence-corrected chi connectivity index (χ4v) is 4.31. The number of fused-ring (bicyclic) bond motifs is 1. The van der Waals surface area contributed by atoms with Gasteiger partial charge in [0, 0.05) is 5.92 Å². The van der Waals surface area contributed by atoms with Gasteiger partial charge in [-0.15, -0.1) is 0 Å². The van der Waals surface area contributed by atoms with Crippen molar-refractivity contribution >= 4 is 5.97 Å². The van der Waals surface area contributed by atoms with Crippen LogP contribution in [0.1, 0.15) is 39.2 Å². The second-order valence-electron chi connectivity index (χ2n) is 8.19. The Balaban J connectivity index is 1.35. The lowest BCUT2D eigenvalue weighted by atomic mass is 9.99. The van der Waals surface area contributed by atoms with Gasteiger partial charge in [0.15, 0.2) is 11.5 Å². The van der Waals surface area contributed by atoms with E-state index in [9.17, 15) is 15.0 Å². The van der Waals surface area contributed by atoms with Crippen molar-refractivity contribution in [2.45, 2.75) is 25.9 Å². The fourth-order valence-electron chi connectivity index (χ4n) is 4.31. The van der Waals surface area contributed by atoms with E-state index >= 15 is 0 Å². The topological polar surface area (TPSA) is 96.5 Å². The summed E-state index contributed by atoms with van der Waals surface area (Å²) in [6, 6.07) is 20.1. The Kier molecular flexibility index (Phi) is 5.07. The van der Waals surface area contributed by atoms with Crippen LogP contribution in [0.5, 0.6) is 0 Å². The maximum Gasteiger partial charge on any atom is 0.354 e. The third-order valence-corrected chi connectivity index (χ3v) is 6.05. The van der Waals surface area contributed by atoms with E-state index in [4.69, 9.17) is 4.42 Å². The van der Waals surface area contributed by atoms with E-state index in [-0.39, 0.29) is 17.5 Å². The third kappa shape index (κ3) is 3.69. The first-order valence-electron chi connectivity index (χ1n) is 10.5. The monoisotopic (exact) mass is 426 g/mol. The van der Waals surface area contributed by atoms with Crippen LogP contribution in [0.3, 0.4) is 0 Å². The van der Waals surface area contributed by atoms with Crippen LogP contribution in [-0.2, 0) is 12.8 Å². The Hall–Kier alpha value is -3.77. The summed E-state index contributed by atoms with van der Waals surface area (Å²) in [7, 11) is 0. The summed E-state index contributed by atoms with van der Waals surface area (Å²) >= 11 is 0. The zero-order chi connectivity index (χ0) is 22.2. The molecule has 160 valence electrons. The average Bonchev–Trinajstić information content (AvgIpc) is 3.46. The molecular weight excluding hydrogens is 404 g/mol. The molecule has 32 heavy (non-hydrogen) atoms. The van der Waals surface area contributed by atoms with Crippen molar-refractivity contribution in [3.05, 3.63) is 95.1 Å². The van der Waals surface area contributed by atoms with Crippen LogP contribution in [0.25, 0.3) is 22.6 Å². The summed E-state index contributed by atoms with van der Waals surface area (Å²) in [5, 5.41) is 20.3. The molecule has 2 N–H and O–H groups in total. The van der Waals surface area contributed by atoms with Crippen LogP contribution in [0, 0.1) is 12.8 Å². The van der Waals surface area contributed by atoms with Gasteiger partial charge < -0.3 is 14.6 Å². The van der Waals surface area contributed by atoms with Crippen molar-refractivity contribution in [2.24, 2.45) is 5.92 Å². The van der Waals surface area contributed by atoms with Gasteiger partial charge in [0.05, 0.1) is 6.20 Å². The Morgan fingerprint density at radius 2 is 1.81 bits per heavy atom. The minimum Gasteiger partial charge on any atom is -0.477 e. The molecule has 0 radical (unpaired) electrons. The quantitative estimate of drug-likeness (QED) is 0.473. The molecule has 2 atom stereocenters. The number of hydrogen-bond acceptors (Lipinski definition) is 5. The van der Waals surface area contributed by atoms with Crippen molar-refractivity contribution < 1.29 is 19.4 Å². The van der Waals surface area contributed by atoms with Crippen molar-refractivity contribution in [1.82, 2.24) is 9.97 Å². The molecule has 2 heterocycles. The Bertz CT molecular complexity index is 1300. The van der Waals surface area contributed by atoms with Gasteiger partial charge in [-0.3, -0.25) is 0 Å². The minimum atomic E-state index is -1.09. The molecule has 0 fully saturated rings. The highest BCUT2D eigenvalue weighted by Crippen LogP contribution is 2.37. The number of aromatic nitrogens is 2. The maximum absolute atomic E-state index is 11.4. The smallest absolute Gasteiger partial charge is 0.354 e. The van der Waals surface area contributed by atoms with Gasteiger partial charge in [-0.25, -0.2) is 14.8 Å². The second kappa shape index (κ2) is 8.05. The molecular formula is C26H22N2O4. The molecule has 0 spiro atoms. The molecule has 1 aliphatic rings. The number of aliphatic hydroxyl groups is 1. The number of aryl methyl sites for hydroxylation is 1. The molecule has 0 amide bonds. The molecule has 6 heteroatoms. The number of carboxylic acid groups (broad SMARTS) is 1. The van der Waals surface area contributed by atoms with Crippen molar-refractivity contribution in [3.8, 4) is 22.6 Å². The lowest BCUT2D eigenvalue weighted by Gasteiger charge is -2.14. The highest BCUT2D eigenvalue weighted by molar-refractivity contribution is 5.87. The Morgan fingerprint density at radius 3 is 2.59 bits per heavy atom. The van der Waals surface area contributed by atoms with Crippen molar-refractivity contribution in [2.75, 3.05) is 0 Å². The number of pyridine rings is 1. The zero-order valence-electron chi connectivity index (χ0n) is 17.5. The number of aliphatic hydroxyl groups excluding tert-OH is 1. The van der Waals surface area contributed by atoms with Gasteiger partial charge >= 0.3 is 5.97 Å². The lowest BCUT2D eigenvalue weighted by molar-refractivity contribution is 0.0689. The van der Waals surface area contributed by atoms with E-state index in [0.717, 1.165) is 18.4 Å². The van der Waals surface area contributed by atoms with Gasteiger partial charge in [0.1, 0.15) is 11.8 Å². The number of rotatable bonds is 5. The van der Waals surface area contributed by atoms with Gasteiger partial charge in [-0.05, 0) is 53.6 Å². The molecule has 4 aromatic rings. The summed E-state index contributed by atoms with van der Waals surface area (Å²) in [4.78, 5) is 19.8. The summed E-state index contributed by atoms with van der Waals surface area (Å²) in [6.45, 7) is 1.69. The minimum absolute atomic E-state index is 0.0264. The largest absolute Gasteiger partial charge is 0.477 e. The highest BCUT2D eigenvalue weighted by atomic mass is 16.4. The third-order valence-electron chi connectivity index (χ3n) is 6.05. The molecule has 2 aromatic heterocycles. The number of nitrogens with zero attached hydrogens (tertiary/aromatic N) is 2. The Labute approximate surface area is 185 Å². The van der Waals surface area contributed by atoms with E-state index in [1.54, 1.807) is 19.1 Å². The van der Waals surface area contributed by atoms with Crippen LogP contribution >= 0.6 is 0 Å². The van der Waals surface area contributed by atoms with Crippen LogP contribution in [0.2, 0.25) is 0 Å². The molecule has 0 saturated heterocycles. The van der Waals surface area contributed by atoms with E-state index in [1.807, 2.05) is 18.2 Å². The Morgan fingerprint density at radius 1 is 1.03 bits per heavy atom. The number of oxazole rings is 1. The number of carboxylic acids is 1. The molecule has 2 aromatic carbocycles. The normalized spacial score (nSPS) is 16.0. The SMILES string of the molecule is Cc1ccc(-c2cnc(C(O)C3Cc4ccc(-c5ccccc5)cc4C3)o2)nc1C(=O)O. The van der Waals surface area contributed by atoms with Crippen molar-refractivity contribution in [1.29, 1.82) is 0 Å². The molecule has 0 saturated carbocycles. The second-order valence-corrected chi connectivity index (χ2v) is 8.19. The number of aromatic carboxylic acids is 1. The predicted octanol–water partition coefficient (Wildman–Crippen LogP) is 4.86. The van der Waals surface area contributed by atoms with Crippen LogP contribution in [0.15, 0.2) is 71.3 Å². The number of hydrogen-bond donors (Lipinski definition) is 2. The summed E-state index contributed by atoms with van der Waals surface area (Å²) in [6.07, 6.45) is 2.11. The van der Waals surface area contributed by atoms with Gasteiger partial charge in [-0.1, -0.05) is 54.6 Å². The fraction of sp³-hybridized carbons (Fsp3) is 0.192. The summed E-state index contributed by atoms with van der Waals surface area (Å²) < 4.78 is 5.79. The molecule has 0 bridgehead atoms. The number of carbonyl (C=O) groups is 1. The first kappa shape index (κ1) is 20.2. The standard InChI is InChI=1S/C26H22N2O4/c1-15-7-10-21(28-23(15)26(30)31)22-14-27-25(32-22)24(29)20-12-18-9-8-17(11-19(18)13-20)16-5-3-2-4-6-16/h2-11,14,20,24,29H,12-13H2,1H3,(H,30,31). The molecule has 5 rings (SSSR count). The molecule has 1 aliphatic carbocycles. The van der Waals surface area contributed by atoms with E-state index in [2.05, 4.69) is 40.3 Å². The zero-order valence-corrected chi connectivity index (χ0v) is 17.5. The molecule has 2 unspecified atom stereocenters. The first-order valence-corrected chi connectivity index (χ1v) is 10.5. The highest BCUT2D eigenvalue weighted by Gasteiger charge is 2.31. The average molecular weight is 426 g/mol. The van der Waals surface area contributed by atoms with Gasteiger partial charge in [0.2, 0.25) is 5.89 Å².